The van der Waals surface area contributed by atoms with Crippen LogP contribution < -0.4 is 0 Å². The SMILES string of the molecule is COC(=O)C(CC(=O)OC(C)(C)C)c1cccs1. The van der Waals surface area contributed by atoms with Crippen molar-refractivity contribution < 1.29 is 19.1 Å². The van der Waals surface area contributed by atoms with E-state index in [1.165, 1.54) is 18.4 Å². The van der Waals surface area contributed by atoms with E-state index in [9.17, 15) is 9.59 Å². The van der Waals surface area contributed by atoms with Gasteiger partial charge in [0.1, 0.15) is 11.5 Å². The molecule has 0 aliphatic heterocycles. The molecule has 0 amide bonds. The summed E-state index contributed by atoms with van der Waals surface area (Å²) in [5.74, 6) is -1.39. The maximum atomic E-state index is 11.8. The van der Waals surface area contributed by atoms with Crippen molar-refractivity contribution in [2.45, 2.75) is 38.7 Å². The average molecular weight is 270 g/mol. The Morgan fingerprint density at radius 3 is 2.50 bits per heavy atom. The van der Waals surface area contributed by atoms with Crippen LogP contribution in [0, 0.1) is 0 Å². The van der Waals surface area contributed by atoms with E-state index in [0.717, 1.165) is 4.88 Å². The fraction of sp³-hybridized carbons (Fsp3) is 0.538. The maximum Gasteiger partial charge on any atom is 0.314 e. The third-order valence-electron chi connectivity index (χ3n) is 2.16. The predicted molar refractivity (Wildman–Crippen MR) is 69.5 cm³/mol. The highest BCUT2D eigenvalue weighted by molar-refractivity contribution is 7.10. The Hall–Kier alpha value is -1.36. The minimum absolute atomic E-state index is 0.00442. The summed E-state index contributed by atoms with van der Waals surface area (Å²) in [6, 6.07) is 3.65. The van der Waals surface area contributed by atoms with Crippen molar-refractivity contribution in [3.63, 3.8) is 0 Å². The number of hydrogen-bond acceptors (Lipinski definition) is 5. The van der Waals surface area contributed by atoms with Crippen LogP contribution in [0.25, 0.3) is 0 Å². The first kappa shape index (κ1) is 14.7. The topological polar surface area (TPSA) is 52.6 Å². The van der Waals surface area contributed by atoms with Crippen molar-refractivity contribution in [1.82, 2.24) is 0 Å². The van der Waals surface area contributed by atoms with Crippen molar-refractivity contribution in [2.75, 3.05) is 7.11 Å². The Labute approximate surface area is 111 Å². The number of methoxy groups -OCH3 is 1. The van der Waals surface area contributed by atoms with Crippen molar-refractivity contribution >= 4 is 23.3 Å². The molecule has 0 spiro atoms. The number of ether oxygens (including phenoxy) is 2. The number of carbonyl (C=O) groups excluding carboxylic acids is 2. The highest BCUT2D eigenvalue weighted by Gasteiger charge is 2.28. The van der Waals surface area contributed by atoms with Crippen LogP contribution in [0.15, 0.2) is 17.5 Å². The van der Waals surface area contributed by atoms with Crippen LogP contribution >= 0.6 is 11.3 Å². The zero-order chi connectivity index (χ0) is 13.8. The fourth-order valence-electron chi connectivity index (χ4n) is 1.48. The Morgan fingerprint density at radius 1 is 1.39 bits per heavy atom. The van der Waals surface area contributed by atoms with Crippen LogP contribution in [0.1, 0.15) is 38.0 Å². The lowest BCUT2D eigenvalue weighted by Gasteiger charge is -2.21. The molecule has 0 saturated carbocycles. The van der Waals surface area contributed by atoms with Gasteiger partial charge < -0.3 is 9.47 Å². The second kappa shape index (κ2) is 6.00. The summed E-state index contributed by atoms with van der Waals surface area (Å²) < 4.78 is 9.95. The molecule has 0 aliphatic carbocycles. The Kier molecular flexibility index (Phi) is 4.90. The molecule has 0 N–H and O–H groups in total. The van der Waals surface area contributed by atoms with Crippen LogP contribution in [0.5, 0.6) is 0 Å². The summed E-state index contributed by atoms with van der Waals surface area (Å²) in [6.45, 7) is 5.38. The highest BCUT2D eigenvalue weighted by Crippen LogP contribution is 2.26. The lowest BCUT2D eigenvalue weighted by molar-refractivity contribution is -0.158. The molecular weight excluding hydrogens is 252 g/mol. The quantitative estimate of drug-likeness (QED) is 0.789. The molecular formula is C13H18O4S. The number of thiophene rings is 1. The molecule has 0 radical (unpaired) electrons. The molecule has 1 aromatic rings. The first-order chi connectivity index (χ1) is 8.33. The molecule has 5 heteroatoms. The summed E-state index contributed by atoms with van der Waals surface area (Å²) in [4.78, 5) is 24.3. The van der Waals surface area contributed by atoms with Gasteiger partial charge in [-0.3, -0.25) is 9.59 Å². The first-order valence-electron chi connectivity index (χ1n) is 5.66. The van der Waals surface area contributed by atoms with E-state index in [1.807, 2.05) is 17.5 Å². The minimum atomic E-state index is -0.579. The van der Waals surface area contributed by atoms with E-state index in [4.69, 9.17) is 9.47 Å². The van der Waals surface area contributed by atoms with Gasteiger partial charge in [-0.15, -0.1) is 11.3 Å². The van der Waals surface area contributed by atoms with Gasteiger partial charge in [0.15, 0.2) is 0 Å². The first-order valence-corrected chi connectivity index (χ1v) is 6.54. The largest absolute Gasteiger partial charge is 0.469 e. The van der Waals surface area contributed by atoms with Crippen LogP contribution in [-0.4, -0.2) is 24.6 Å². The van der Waals surface area contributed by atoms with Gasteiger partial charge in [0.2, 0.25) is 0 Å². The molecule has 0 aromatic carbocycles. The molecule has 1 unspecified atom stereocenters. The summed E-state index contributed by atoms with van der Waals surface area (Å²) >= 11 is 1.43. The normalized spacial score (nSPS) is 12.9. The molecule has 1 rings (SSSR count). The monoisotopic (exact) mass is 270 g/mol. The van der Waals surface area contributed by atoms with E-state index in [1.54, 1.807) is 20.8 Å². The van der Waals surface area contributed by atoms with Gasteiger partial charge >= 0.3 is 11.9 Å². The lowest BCUT2D eigenvalue weighted by atomic mass is 10.0. The van der Waals surface area contributed by atoms with E-state index in [-0.39, 0.29) is 6.42 Å². The Balaban J connectivity index is 2.75. The van der Waals surface area contributed by atoms with E-state index >= 15 is 0 Å². The number of rotatable bonds is 4. The highest BCUT2D eigenvalue weighted by atomic mass is 32.1. The van der Waals surface area contributed by atoms with Gasteiger partial charge in [-0.25, -0.2) is 0 Å². The van der Waals surface area contributed by atoms with E-state index < -0.39 is 23.5 Å². The lowest BCUT2D eigenvalue weighted by Crippen LogP contribution is -2.26. The minimum Gasteiger partial charge on any atom is -0.469 e. The van der Waals surface area contributed by atoms with Gasteiger partial charge in [0, 0.05) is 4.88 Å². The second-order valence-corrected chi connectivity index (χ2v) is 5.86. The third-order valence-corrected chi connectivity index (χ3v) is 3.15. The van der Waals surface area contributed by atoms with Crippen molar-refractivity contribution in [3.05, 3.63) is 22.4 Å². The summed E-state index contributed by atoms with van der Waals surface area (Å²) in [7, 11) is 1.32. The zero-order valence-corrected chi connectivity index (χ0v) is 11.9. The molecule has 1 aromatic heterocycles. The Morgan fingerprint density at radius 2 is 2.06 bits per heavy atom. The summed E-state index contributed by atoms with van der Waals surface area (Å²) in [5.41, 5.74) is -0.548. The number of carbonyl (C=O) groups is 2. The molecule has 18 heavy (non-hydrogen) atoms. The molecule has 0 saturated heterocycles. The van der Waals surface area contributed by atoms with Crippen LogP contribution in [0.4, 0.5) is 0 Å². The summed E-state index contributed by atoms with van der Waals surface area (Å²) in [6.07, 6.45) is 0.00442. The number of hydrogen-bond donors (Lipinski definition) is 0. The van der Waals surface area contributed by atoms with Crippen molar-refractivity contribution in [1.29, 1.82) is 0 Å². The second-order valence-electron chi connectivity index (χ2n) is 4.88. The fourth-order valence-corrected chi connectivity index (χ4v) is 2.30. The molecule has 0 aliphatic rings. The maximum absolute atomic E-state index is 11.8. The van der Waals surface area contributed by atoms with Gasteiger partial charge in [-0.2, -0.15) is 0 Å². The Bertz CT molecular complexity index is 403. The number of esters is 2. The van der Waals surface area contributed by atoms with Gasteiger partial charge in [-0.1, -0.05) is 6.07 Å². The molecule has 100 valence electrons. The van der Waals surface area contributed by atoms with Crippen LogP contribution in [0.2, 0.25) is 0 Å². The van der Waals surface area contributed by atoms with Gasteiger partial charge in [-0.05, 0) is 32.2 Å². The third kappa shape index (κ3) is 4.49. The summed E-state index contributed by atoms with van der Waals surface area (Å²) in [5, 5.41) is 1.86. The van der Waals surface area contributed by atoms with Crippen molar-refractivity contribution in [2.24, 2.45) is 0 Å². The van der Waals surface area contributed by atoms with E-state index in [2.05, 4.69) is 0 Å². The van der Waals surface area contributed by atoms with Crippen molar-refractivity contribution in [3.8, 4) is 0 Å². The molecule has 0 fully saturated rings. The van der Waals surface area contributed by atoms with Gasteiger partial charge in [0.25, 0.3) is 0 Å². The molecule has 1 heterocycles. The molecule has 1 atom stereocenters. The molecule has 0 bridgehead atoms. The zero-order valence-electron chi connectivity index (χ0n) is 11.1. The smallest absolute Gasteiger partial charge is 0.314 e. The van der Waals surface area contributed by atoms with Crippen LogP contribution in [0.3, 0.4) is 0 Å². The van der Waals surface area contributed by atoms with Gasteiger partial charge in [0.05, 0.1) is 13.5 Å². The predicted octanol–water partition coefficient (Wildman–Crippen LogP) is 2.74. The standard InChI is InChI=1S/C13H18O4S/c1-13(2,3)17-11(14)8-9(12(15)16-4)10-6-5-7-18-10/h5-7,9H,8H2,1-4H3. The van der Waals surface area contributed by atoms with E-state index in [0.29, 0.717) is 0 Å². The average Bonchev–Trinajstić information content (AvgIpc) is 2.75. The van der Waals surface area contributed by atoms with Crippen LogP contribution in [-0.2, 0) is 19.1 Å². The molecule has 4 nitrogen and oxygen atoms in total.